The number of carbonyl (C=O) groups excluding carboxylic acids is 2. The second-order valence-electron chi connectivity index (χ2n) is 9.34. The van der Waals surface area contributed by atoms with Crippen molar-refractivity contribution in [1.82, 2.24) is 10.2 Å². The van der Waals surface area contributed by atoms with E-state index in [0.29, 0.717) is 36.8 Å². The van der Waals surface area contributed by atoms with Crippen LogP contribution in [0.25, 0.3) is 0 Å². The summed E-state index contributed by atoms with van der Waals surface area (Å²) >= 11 is 0. The molecular formula is C31H39N3O6S. The molecule has 0 heterocycles. The largest absolute Gasteiger partial charge is 0.497 e. The zero-order chi connectivity index (χ0) is 29.8. The Kier molecular flexibility index (Phi) is 11.6. The van der Waals surface area contributed by atoms with E-state index in [2.05, 4.69) is 5.32 Å². The molecule has 10 heteroatoms. The van der Waals surface area contributed by atoms with Crippen LogP contribution in [0, 0.1) is 0 Å². The minimum Gasteiger partial charge on any atom is -0.497 e. The van der Waals surface area contributed by atoms with Crippen molar-refractivity contribution in [3.05, 3.63) is 84.4 Å². The summed E-state index contributed by atoms with van der Waals surface area (Å²) in [5.74, 6) is 0.392. The van der Waals surface area contributed by atoms with Gasteiger partial charge in [0.15, 0.2) is 0 Å². The Morgan fingerprint density at radius 3 is 2.22 bits per heavy atom. The molecule has 41 heavy (non-hydrogen) atoms. The van der Waals surface area contributed by atoms with Crippen molar-refractivity contribution in [2.24, 2.45) is 0 Å². The van der Waals surface area contributed by atoms with Crippen LogP contribution in [0.1, 0.15) is 39.2 Å². The number of methoxy groups -OCH3 is 1. The Hall–Kier alpha value is -4.05. The number of anilines is 1. The first-order valence-electron chi connectivity index (χ1n) is 13.8. The molecule has 0 radical (unpaired) electrons. The molecule has 0 aliphatic rings. The number of carbonyl (C=O) groups is 2. The number of amides is 2. The smallest absolute Gasteiger partial charge is 0.264 e. The van der Waals surface area contributed by atoms with Crippen molar-refractivity contribution in [1.29, 1.82) is 0 Å². The average molecular weight is 582 g/mol. The third-order valence-corrected chi connectivity index (χ3v) is 8.26. The van der Waals surface area contributed by atoms with Crippen molar-refractivity contribution in [2.45, 2.75) is 51.1 Å². The van der Waals surface area contributed by atoms with Crippen molar-refractivity contribution in [2.75, 3.05) is 31.1 Å². The van der Waals surface area contributed by atoms with E-state index in [-0.39, 0.29) is 17.3 Å². The second kappa shape index (κ2) is 15.1. The predicted octanol–water partition coefficient (Wildman–Crippen LogP) is 4.62. The van der Waals surface area contributed by atoms with Crippen LogP contribution in [0.15, 0.2) is 83.8 Å². The van der Waals surface area contributed by atoms with Crippen LogP contribution in [0.3, 0.4) is 0 Å². The highest BCUT2D eigenvalue weighted by Gasteiger charge is 2.33. The Balaban J connectivity index is 2.04. The summed E-state index contributed by atoms with van der Waals surface area (Å²) in [6.45, 7) is 6.15. The number of benzene rings is 3. The molecule has 220 valence electrons. The maximum atomic E-state index is 14.1. The number of hydrogen-bond donors (Lipinski definition) is 1. The number of hydrogen-bond acceptors (Lipinski definition) is 6. The maximum absolute atomic E-state index is 14.1. The molecule has 0 spiro atoms. The molecule has 0 saturated carbocycles. The number of ether oxygens (including phenoxy) is 2. The van der Waals surface area contributed by atoms with Crippen molar-refractivity contribution in [3.63, 3.8) is 0 Å². The first kappa shape index (κ1) is 31.5. The van der Waals surface area contributed by atoms with Crippen molar-refractivity contribution < 1.29 is 27.5 Å². The highest BCUT2D eigenvalue weighted by molar-refractivity contribution is 7.92. The van der Waals surface area contributed by atoms with E-state index in [4.69, 9.17) is 9.47 Å². The first-order chi connectivity index (χ1) is 19.7. The lowest BCUT2D eigenvalue weighted by atomic mass is 10.1. The molecule has 0 fully saturated rings. The van der Waals surface area contributed by atoms with Gasteiger partial charge in [-0.05, 0) is 73.9 Å². The monoisotopic (exact) mass is 581 g/mol. The molecule has 0 unspecified atom stereocenters. The van der Waals surface area contributed by atoms with Crippen molar-refractivity contribution >= 4 is 27.5 Å². The molecule has 0 bridgehead atoms. The van der Waals surface area contributed by atoms with E-state index >= 15 is 0 Å². The molecule has 3 aromatic carbocycles. The van der Waals surface area contributed by atoms with Gasteiger partial charge in [-0.15, -0.1) is 0 Å². The van der Waals surface area contributed by atoms with Crippen LogP contribution in [-0.4, -0.2) is 58.0 Å². The Labute approximate surface area is 243 Å². The molecule has 0 aliphatic heterocycles. The Bertz CT molecular complexity index is 1380. The summed E-state index contributed by atoms with van der Waals surface area (Å²) in [7, 11) is -2.58. The number of sulfonamides is 1. The van der Waals surface area contributed by atoms with E-state index in [1.54, 1.807) is 67.8 Å². The Morgan fingerprint density at radius 2 is 1.61 bits per heavy atom. The van der Waals surface area contributed by atoms with E-state index in [0.717, 1.165) is 16.3 Å². The highest BCUT2D eigenvalue weighted by atomic mass is 32.2. The minimum absolute atomic E-state index is 0.0498. The first-order valence-corrected chi connectivity index (χ1v) is 15.2. The van der Waals surface area contributed by atoms with Gasteiger partial charge in [0.05, 0.1) is 24.3 Å². The summed E-state index contributed by atoms with van der Waals surface area (Å²) < 4.78 is 39.7. The summed E-state index contributed by atoms with van der Waals surface area (Å²) in [5.41, 5.74) is 1.05. The van der Waals surface area contributed by atoms with E-state index in [9.17, 15) is 18.0 Å². The quantitative estimate of drug-likeness (QED) is 0.281. The zero-order valence-electron chi connectivity index (χ0n) is 24.1. The number of nitrogens with zero attached hydrogens (tertiary/aromatic N) is 2. The maximum Gasteiger partial charge on any atom is 0.264 e. The van der Waals surface area contributed by atoms with Crippen LogP contribution in [0.2, 0.25) is 0 Å². The zero-order valence-corrected chi connectivity index (χ0v) is 24.9. The van der Waals surface area contributed by atoms with Crippen LogP contribution in [0.5, 0.6) is 11.5 Å². The lowest BCUT2D eigenvalue weighted by Crippen LogP contribution is -2.52. The van der Waals surface area contributed by atoms with Gasteiger partial charge in [-0.2, -0.15) is 0 Å². The van der Waals surface area contributed by atoms with Crippen molar-refractivity contribution in [3.8, 4) is 11.5 Å². The molecule has 3 rings (SSSR count). The third-order valence-electron chi connectivity index (χ3n) is 6.47. The SMILES string of the molecule is CCCNC(=O)[C@@H](CC)N(Cc1cccc(OC)c1)C(=O)CN(c1ccc(OCC)cc1)S(=O)(=O)c1ccccc1. The topological polar surface area (TPSA) is 105 Å². The molecule has 2 amide bonds. The summed E-state index contributed by atoms with van der Waals surface area (Å²) in [5, 5.41) is 2.88. The molecular weight excluding hydrogens is 542 g/mol. The van der Waals surface area contributed by atoms with E-state index in [1.165, 1.54) is 17.0 Å². The fourth-order valence-electron chi connectivity index (χ4n) is 4.38. The highest BCUT2D eigenvalue weighted by Crippen LogP contribution is 2.27. The molecule has 0 saturated heterocycles. The predicted molar refractivity (Wildman–Crippen MR) is 160 cm³/mol. The standard InChI is InChI=1S/C31H39N3O6S/c1-5-20-32-31(36)29(6-2)33(22-24-12-11-13-27(21-24)39-4)30(35)23-34(25-16-18-26(19-17-25)40-7-3)41(37,38)28-14-9-8-10-15-28/h8-19,21,29H,5-7,20,22-23H2,1-4H3,(H,32,36)/t29-/m1/s1. The van der Waals surface area contributed by atoms with Gasteiger partial charge in [0.1, 0.15) is 24.1 Å². The lowest BCUT2D eigenvalue weighted by Gasteiger charge is -2.33. The van der Waals surface area contributed by atoms with E-state index in [1.807, 2.05) is 26.8 Å². The van der Waals surface area contributed by atoms with E-state index < -0.39 is 28.5 Å². The fourth-order valence-corrected chi connectivity index (χ4v) is 5.81. The van der Waals surface area contributed by atoms with Crippen LogP contribution in [-0.2, 0) is 26.2 Å². The Morgan fingerprint density at radius 1 is 0.902 bits per heavy atom. The van der Waals surface area contributed by atoms with Gasteiger partial charge in [0.2, 0.25) is 11.8 Å². The fraction of sp³-hybridized carbons (Fsp3) is 0.355. The van der Waals surface area contributed by atoms with Gasteiger partial charge in [-0.25, -0.2) is 8.42 Å². The number of nitrogens with one attached hydrogen (secondary N) is 1. The molecule has 0 aliphatic carbocycles. The van der Waals surface area contributed by atoms with Gasteiger partial charge in [-0.3, -0.25) is 13.9 Å². The van der Waals surface area contributed by atoms with Crippen LogP contribution in [0.4, 0.5) is 5.69 Å². The molecule has 1 N–H and O–H groups in total. The molecule has 0 aromatic heterocycles. The summed E-state index contributed by atoms with van der Waals surface area (Å²) in [4.78, 5) is 28.8. The minimum atomic E-state index is -4.13. The van der Waals surface area contributed by atoms with Gasteiger partial charge < -0.3 is 19.7 Å². The normalized spacial score (nSPS) is 11.8. The van der Waals surface area contributed by atoms with Gasteiger partial charge >= 0.3 is 0 Å². The van der Waals surface area contributed by atoms with Gasteiger partial charge in [-0.1, -0.05) is 44.2 Å². The summed E-state index contributed by atoms with van der Waals surface area (Å²) in [6, 6.07) is 20.9. The number of rotatable bonds is 15. The lowest BCUT2D eigenvalue weighted by molar-refractivity contribution is -0.140. The second-order valence-corrected chi connectivity index (χ2v) is 11.2. The van der Waals surface area contributed by atoms with Gasteiger partial charge in [0, 0.05) is 13.1 Å². The molecule has 3 aromatic rings. The summed E-state index contributed by atoms with van der Waals surface area (Å²) in [6.07, 6.45) is 1.09. The molecule has 1 atom stereocenters. The van der Waals surface area contributed by atoms with Crippen LogP contribution < -0.4 is 19.1 Å². The third kappa shape index (κ3) is 8.23. The van der Waals surface area contributed by atoms with Gasteiger partial charge in [0.25, 0.3) is 10.0 Å². The van der Waals surface area contributed by atoms with Crippen LogP contribution >= 0.6 is 0 Å². The molecule has 9 nitrogen and oxygen atoms in total. The average Bonchev–Trinajstić information content (AvgIpc) is 2.99.